The highest BCUT2D eigenvalue weighted by Crippen LogP contribution is 2.26. The summed E-state index contributed by atoms with van der Waals surface area (Å²) in [7, 11) is -1.60. The van der Waals surface area contributed by atoms with E-state index in [4.69, 9.17) is 0 Å². The summed E-state index contributed by atoms with van der Waals surface area (Å²) in [5, 5.41) is 4.39. The van der Waals surface area contributed by atoms with E-state index < -0.39 is 9.84 Å². The number of methoxy groups -OCH3 is 1. The molecule has 0 aliphatic carbocycles. The SMILES string of the molecule is COC(=O)Cc1c(C)nn(C2CCS(=O)(=O)C2)c1C. The van der Waals surface area contributed by atoms with Crippen molar-refractivity contribution in [2.75, 3.05) is 18.6 Å². The second kappa shape index (κ2) is 4.96. The van der Waals surface area contributed by atoms with Gasteiger partial charge in [0.2, 0.25) is 0 Å². The Morgan fingerprint density at radius 3 is 2.68 bits per heavy atom. The average Bonchev–Trinajstić information content (AvgIpc) is 2.83. The van der Waals surface area contributed by atoms with Gasteiger partial charge in [0.05, 0.1) is 36.8 Å². The van der Waals surface area contributed by atoms with Crippen molar-refractivity contribution >= 4 is 15.8 Å². The summed E-state index contributed by atoms with van der Waals surface area (Å²) < 4.78 is 29.5. The quantitative estimate of drug-likeness (QED) is 0.759. The minimum Gasteiger partial charge on any atom is -0.469 e. The molecule has 0 bridgehead atoms. The number of aromatic nitrogens is 2. The van der Waals surface area contributed by atoms with Gasteiger partial charge in [0.1, 0.15) is 0 Å². The van der Waals surface area contributed by atoms with E-state index in [0.29, 0.717) is 6.42 Å². The van der Waals surface area contributed by atoms with Crippen LogP contribution in [0.15, 0.2) is 0 Å². The van der Waals surface area contributed by atoms with Gasteiger partial charge in [0.15, 0.2) is 9.84 Å². The van der Waals surface area contributed by atoms with Crippen LogP contribution in [0.3, 0.4) is 0 Å². The summed E-state index contributed by atoms with van der Waals surface area (Å²) in [6.07, 6.45) is 0.760. The van der Waals surface area contributed by atoms with Crippen molar-refractivity contribution in [3.05, 3.63) is 17.0 Å². The van der Waals surface area contributed by atoms with E-state index in [0.717, 1.165) is 17.0 Å². The zero-order valence-electron chi connectivity index (χ0n) is 11.3. The predicted octanol–water partition coefficient (Wildman–Crippen LogP) is 0.575. The lowest BCUT2D eigenvalue weighted by molar-refractivity contribution is -0.139. The van der Waals surface area contributed by atoms with Gasteiger partial charge in [-0.05, 0) is 20.3 Å². The Morgan fingerprint density at radius 2 is 2.16 bits per heavy atom. The molecule has 0 aromatic carbocycles. The zero-order chi connectivity index (χ0) is 14.2. The molecule has 6 nitrogen and oxygen atoms in total. The van der Waals surface area contributed by atoms with Crippen LogP contribution in [-0.2, 0) is 25.8 Å². The van der Waals surface area contributed by atoms with Gasteiger partial charge >= 0.3 is 5.97 Å². The van der Waals surface area contributed by atoms with E-state index in [1.165, 1.54) is 7.11 Å². The average molecular weight is 286 g/mol. The minimum atomic E-state index is -2.94. The van der Waals surface area contributed by atoms with Crippen molar-refractivity contribution in [1.82, 2.24) is 9.78 Å². The van der Waals surface area contributed by atoms with Crippen LogP contribution in [0, 0.1) is 13.8 Å². The lowest BCUT2D eigenvalue weighted by Crippen LogP contribution is -2.14. The van der Waals surface area contributed by atoms with Crippen LogP contribution in [0.4, 0.5) is 0 Å². The highest BCUT2D eigenvalue weighted by Gasteiger charge is 2.31. The van der Waals surface area contributed by atoms with E-state index >= 15 is 0 Å². The largest absolute Gasteiger partial charge is 0.469 e. The highest BCUT2D eigenvalue weighted by atomic mass is 32.2. The van der Waals surface area contributed by atoms with Crippen LogP contribution in [0.25, 0.3) is 0 Å². The Labute approximate surface area is 112 Å². The topological polar surface area (TPSA) is 78.3 Å². The van der Waals surface area contributed by atoms with E-state index in [1.54, 1.807) is 4.68 Å². The molecular weight excluding hydrogens is 268 g/mol. The van der Waals surface area contributed by atoms with Crippen LogP contribution in [0.5, 0.6) is 0 Å². The lowest BCUT2D eigenvalue weighted by atomic mass is 10.1. The first-order valence-electron chi connectivity index (χ1n) is 6.16. The van der Waals surface area contributed by atoms with Crippen LogP contribution in [0.1, 0.15) is 29.4 Å². The summed E-state index contributed by atoms with van der Waals surface area (Å²) in [4.78, 5) is 11.4. The number of esters is 1. The number of rotatable bonds is 3. The molecule has 1 aromatic rings. The van der Waals surface area contributed by atoms with Gasteiger partial charge in [0, 0.05) is 11.3 Å². The van der Waals surface area contributed by atoms with Crippen molar-refractivity contribution in [3.63, 3.8) is 0 Å². The Bertz CT molecular complexity index is 603. The lowest BCUT2D eigenvalue weighted by Gasteiger charge is -2.11. The summed E-state index contributed by atoms with van der Waals surface area (Å²) in [5.41, 5.74) is 2.44. The molecule has 1 saturated heterocycles. The summed E-state index contributed by atoms with van der Waals surface area (Å²) in [6, 6.07) is -0.116. The summed E-state index contributed by atoms with van der Waals surface area (Å²) in [5.74, 6) is 0.0272. The van der Waals surface area contributed by atoms with Gasteiger partial charge in [-0.25, -0.2) is 8.42 Å². The molecule has 2 heterocycles. The molecule has 1 atom stereocenters. The van der Waals surface area contributed by atoms with Crippen molar-refractivity contribution in [2.45, 2.75) is 32.7 Å². The number of carbonyl (C=O) groups is 1. The number of carbonyl (C=O) groups excluding carboxylic acids is 1. The number of ether oxygens (including phenoxy) is 1. The molecule has 0 N–H and O–H groups in total. The normalized spacial score (nSPS) is 21.5. The van der Waals surface area contributed by atoms with Gasteiger partial charge < -0.3 is 4.74 Å². The Balaban J connectivity index is 2.29. The van der Waals surface area contributed by atoms with Gasteiger partial charge in [-0.2, -0.15) is 5.10 Å². The fraction of sp³-hybridized carbons (Fsp3) is 0.667. The molecule has 0 amide bonds. The van der Waals surface area contributed by atoms with Crippen molar-refractivity contribution in [1.29, 1.82) is 0 Å². The molecule has 106 valence electrons. The van der Waals surface area contributed by atoms with Gasteiger partial charge in [-0.3, -0.25) is 9.48 Å². The Kier molecular flexibility index (Phi) is 3.66. The molecule has 1 aromatic heterocycles. The smallest absolute Gasteiger partial charge is 0.310 e. The zero-order valence-corrected chi connectivity index (χ0v) is 12.2. The first-order chi connectivity index (χ1) is 8.84. The summed E-state index contributed by atoms with van der Waals surface area (Å²) in [6.45, 7) is 3.69. The summed E-state index contributed by atoms with van der Waals surface area (Å²) >= 11 is 0. The Hall–Kier alpha value is -1.37. The molecule has 0 saturated carbocycles. The van der Waals surface area contributed by atoms with Crippen LogP contribution in [-0.4, -0.2) is 42.8 Å². The third-order valence-corrected chi connectivity index (χ3v) is 5.33. The fourth-order valence-corrected chi connectivity index (χ4v) is 4.19. The van der Waals surface area contributed by atoms with E-state index in [9.17, 15) is 13.2 Å². The molecule has 1 aliphatic heterocycles. The monoisotopic (exact) mass is 286 g/mol. The Morgan fingerprint density at radius 1 is 1.47 bits per heavy atom. The van der Waals surface area contributed by atoms with Crippen molar-refractivity contribution < 1.29 is 17.9 Å². The standard InChI is InChI=1S/C12H18N2O4S/c1-8-11(6-12(15)18-3)9(2)14(13-8)10-4-5-19(16,17)7-10/h10H,4-7H2,1-3H3. The number of sulfone groups is 1. The third kappa shape index (κ3) is 2.80. The molecule has 1 fully saturated rings. The highest BCUT2D eigenvalue weighted by molar-refractivity contribution is 7.91. The van der Waals surface area contributed by atoms with E-state index in [-0.39, 0.29) is 29.9 Å². The molecule has 0 spiro atoms. The first-order valence-corrected chi connectivity index (χ1v) is 7.98. The number of aryl methyl sites for hydroxylation is 1. The van der Waals surface area contributed by atoms with Crippen molar-refractivity contribution in [2.24, 2.45) is 0 Å². The maximum absolute atomic E-state index is 11.5. The molecular formula is C12H18N2O4S. The second-order valence-electron chi connectivity index (χ2n) is 4.90. The minimum absolute atomic E-state index is 0.116. The fourth-order valence-electron chi connectivity index (χ4n) is 2.49. The molecule has 1 aliphatic rings. The van der Waals surface area contributed by atoms with Gasteiger partial charge in [-0.15, -0.1) is 0 Å². The van der Waals surface area contributed by atoms with E-state index in [2.05, 4.69) is 9.84 Å². The van der Waals surface area contributed by atoms with E-state index in [1.807, 2.05) is 13.8 Å². The van der Waals surface area contributed by atoms with Gasteiger partial charge in [0.25, 0.3) is 0 Å². The predicted molar refractivity (Wildman–Crippen MR) is 69.7 cm³/mol. The van der Waals surface area contributed by atoms with Crippen molar-refractivity contribution in [3.8, 4) is 0 Å². The molecule has 1 unspecified atom stereocenters. The molecule has 0 radical (unpaired) electrons. The molecule has 19 heavy (non-hydrogen) atoms. The first kappa shape index (κ1) is 14.0. The number of hydrogen-bond donors (Lipinski definition) is 0. The van der Waals surface area contributed by atoms with Crippen LogP contribution >= 0.6 is 0 Å². The maximum atomic E-state index is 11.5. The van der Waals surface area contributed by atoms with Crippen LogP contribution in [0.2, 0.25) is 0 Å². The number of nitrogens with zero attached hydrogens (tertiary/aromatic N) is 2. The molecule has 2 rings (SSSR count). The number of hydrogen-bond acceptors (Lipinski definition) is 5. The third-order valence-electron chi connectivity index (χ3n) is 3.58. The van der Waals surface area contributed by atoms with Gasteiger partial charge in [-0.1, -0.05) is 0 Å². The second-order valence-corrected chi connectivity index (χ2v) is 7.13. The molecule has 7 heteroatoms. The van der Waals surface area contributed by atoms with Crippen LogP contribution < -0.4 is 0 Å². The maximum Gasteiger partial charge on any atom is 0.310 e.